The van der Waals surface area contributed by atoms with Gasteiger partial charge < -0.3 is 20.6 Å². The first-order chi connectivity index (χ1) is 17.5. The highest BCUT2D eigenvalue weighted by molar-refractivity contribution is 5.76. The first-order valence-corrected chi connectivity index (χ1v) is 14.8. The minimum absolute atomic E-state index is 0.0449. The number of carbonyl (C=O) groups is 1. The van der Waals surface area contributed by atoms with Crippen LogP contribution in [-0.2, 0) is 4.79 Å². The molecule has 0 aromatic rings. The molecule has 36 heavy (non-hydrogen) atoms. The minimum Gasteiger partial charge on any atom is -0.394 e. The largest absolute Gasteiger partial charge is 0.394 e. The Morgan fingerprint density at radius 2 is 1.19 bits per heavy atom. The van der Waals surface area contributed by atoms with Crippen LogP contribution in [0.4, 0.5) is 0 Å². The third kappa shape index (κ3) is 23.0. The molecule has 0 aliphatic carbocycles. The van der Waals surface area contributed by atoms with Crippen LogP contribution < -0.4 is 5.32 Å². The summed E-state index contributed by atoms with van der Waals surface area (Å²) in [5, 5.41) is 32.6. The number of aliphatic hydroxyl groups excluding tert-OH is 3. The molecule has 0 aliphatic rings. The molecule has 0 saturated heterocycles. The Kier molecular flexibility index (Phi) is 25.6. The van der Waals surface area contributed by atoms with E-state index in [2.05, 4.69) is 37.4 Å². The van der Waals surface area contributed by atoms with Gasteiger partial charge in [0.25, 0.3) is 0 Å². The lowest BCUT2D eigenvalue weighted by molar-refractivity contribution is -0.124. The number of amides is 1. The van der Waals surface area contributed by atoms with Crippen LogP contribution in [0.25, 0.3) is 0 Å². The fraction of sp³-hybridized carbons (Fsp3) is 0.774. The number of allylic oxidation sites excluding steroid dienone is 4. The van der Waals surface area contributed by atoms with Crippen LogP contribution in [0.1, 0.15) is 129 Å². The predicted octanol–water partition coefficient (Wildman–Crippen LogP) is 6.92. The maximum Gasteiger partial charge on any atom is 0.223 e. The summed E-state index contributed by atoms with van der Waals surface area (Å²) in [7, 11) is 0. The van der Waals surface area contributed by atoms with E-state index in [0.29, 0.717) is 6.42 Å². The van der Waals surface area contributed by atoms with Crippen molar-refractivity contribution < 1.29 is 20.1 Å². The molecular formula is C31H57NO4. The van der Waals surface area contributed by atoms with Gasteiger partial charge in [-0.15, -0.1) is 0 Å². The van der Waals surface area contributed by atoms with Gasteiger partial charge in [-0.1, -0.05) is 115 Å². The van der Waals surface area contributed by atoms with E-state index >= 15 is 0 Å². The third-order valence-electron chi connectivity index (χ3n) is 6.40. The fourth-order valence-electron chi connectivity index (χ4n) is 4.06. The maximum atomic E-state index is 12.2. The molecule has 0 rings (SSSR count). The number of aliphatic hydroxyl groups is 3. The minimum atomic E-state index is -0.958. The Hall–Kier alpha value is -1.43. The van der Waals surface area contributed by atoms with Gasteiger partial charge in [-0.3, -0.25) is 4.79 Å². The molecule has 1 amide bonds. The van der Waals surface area contributed by atoms with Crippen molar-refractivity contribution in [3.63, 3.8) is 0 Å². The van der Waals surface area contributed by atoms with Gasteiger partial charge in [0.05, 0.1) is 31.3 Å². The summed E-state index contributed by atoms with van der Waals surface area (Å²) >= 11 is 0. The number of unbranched alkanes of at least 4 members (excludes halogenated alkanes) is 13. The van der Waals surface area contributed by atoms with Crippen LogP contribution >= 0.6 is 0 Å². The molecule has 0 aromatic carbocycles. The third-order valence-corrected chi connectivity index (χ3v) is 6.40. The molecule has 5 heteroatoms. The van der Waals surface area contributed by atoms with Crippen LogP contribution in [0, 0.1) is 0 Å². The van der Waals surface area contributed by atoms with Gasteiger partial charge >= 0.3 is 0 Å². The first-order valence-electron chi connectivity index (χ1n) is 14.8. The highest BCUT2D eigenvalue weighted by Gasteiger charge is 2.19. The number of carbonyl (C=O) groups excluding carboxylic acids is 1. The lowest BCUT2D eigenvalue weighted by Gasteiger charge is -2.20. The average Bonchev–Trinajstić information content (AvgIpc) is 2.86. The van der Waals surface area contributed by atoms with Gasteiger partial charge in [0, 0.05) is 0 Å². The molecule has 0 aliphatic heterocycles. The lowest BCUT2D eigenvalue weighted by Crippen LogP contribution is -2.45. The molecule has 0 saturated carbocycles. The zero-order valence-corrected chi connectivity index (χ0v) is 23.4. The molecule has 210 valence electrons. The Labute approximate surface area is 222 Å². The molecule has 0 spiro atoms. The van der Waals surface area contributed by atoms with E-state index in [0.717, 1.165) is 32.1 Å². The second kappa shape index (κ2) is 26.6. The van der Waals surface area contributed by atoms with Crippen LogP contribution in [0.5, 0.6) is 0 Å². The SMILES string of the molecule is CCCCCC/C=C\CC(O)CC(=O)NC(CO)C(O)/C=C/CC/C=C/CCCCCCCCCC. The number of hydrogen-bond donors (Lipinski definition) is 4. The molecule has 4 N–H and O–H groups in total. The standard InChI is InChI=1S/C31H57NO4/c1-3-5-7-9-11-12-13-14-15-16-17-19-21-23-25-30(35)29(27-33)32-31(36)26-28(34)24-22-20-18-10-8-6-4-2/h16-17,20,22-23,25,28-30,33-35H,3-15,18-19,21,24,26-27H2,1-2H3,(H,32,36)/b17-16+,22-20-,25-23+. The highest BCUT2D eigenvalue weighted by Crippen LogP contribution is 2.10. The van der Waals surface area contributed by atoms with Gasteiger partial charge in [0.2, 0.25) is 5.91 Å². The van der Waals surface area contributed by atoms with Crippen LogP contribution in [0.3, 0.4) is 0 Å². The van der Waals surface area contributed by atoms with Gasteiger partial charge in [-0.2, -0.15) is 0 Å². The molecule has 5 nitrogen and oxygen atoms in total. The van der Waals surface area contributed by atoms with E-state index < -0.39 is 18.2 Å². The van der Waals surface area contributed by atoms with Crippen molar-refractivity contribution in [1.29, 1.82) is 0 Å². The predicted molar refractivity (Wildman–Crippen MR) is 153 cm³/mol. The zero-order valence-electron chi connectivity index (χ0n) is 23.4. The fourth-order valence-corrected chi connectivity index (χ4v) is 4.06. The molecule has 0 bridgehead atoms. The van der Waals surface area contributed by atoms with Gasteiger partial charge in [-0.05, 0) is 44.9 Å². The second-order valence-corrected chi connectivity index (χ2v) is 10.0. The van der Waals surface area contributed by atoms with Gasteiger partial charge in [0.15, 0.2) is 0 Å². The molecule has 0 heterocycles. The van der Waals surface area contributed by atoms with Gasteiger partial charge in [-0.25, -0.2) is 0 Å². The summed E-state index contributed by atoms with van der Waals surface area (Å²) in [5.74, 6) is -0.366. The topological polar surface area (TPSA) is 89.8 Å². The summed E-state index contributed by atoms with van der Waals surface area (Å²) in [5.41, 5.74) is 0. The Morgan fingerprint density at radius 1 is 0.694 bits per heavy atom. The molecule has 3 atom stereocenters. The number of nitrogens with one attached hydrogen (secondary N) is 1. The van der Waals surface area contributed by atoms with Crippen LogP contribution in [-0.4, -0.2) is 46.1 Å². The van der Waals surface area contributed by atoms with Crippen LogP contribution in [0.2, 0.25) is 0 Å². The van der Waals surface area contributed by atoms with E-state index in [-0.39, 0.29) is 18.9 Å². The molecule has 0 aromatic heterocycles. The first kappa shape index (κ1) is 34.6. The molecule has 3 unspecified atom stereocenters. The lowest BCUT2D eigenvalue weighted by atomic mass is 10.1. The molecule has 0 radical (unpaired) electrons. The molecular weight excluding hydrogens is 450 g/mol. The van der Waals surface area contributed by atoms with Crippen molar-refractivity contribution in [2.45, 2.75) is 148 Å². The maximum absolute atomic E-state index is 12.2. The number of hydrogen-bond acceptors (Lipinski definition) is 4. The van der Waals surface area contributed by atoms with Crippen molar-refractivity contribution in [3.05, 3.63) is 36.5 Å². The second-order valence-electron chi connectivity index (χ2n) is 10.0. The normalized spacial score (nSPS) is 14.7. The quantitative estimate of drug-likeness (QED) is 0.0798. The average molecular weight is 508 g/mol. The summed E-state index contributed by atoms with van der Waals surface area (Å²) in [4.78, 5) is 12.2. The van der Waals surface area contributed by atoms with E-state index in [1.54, 1.807) is 6.08 Å². The number of rotatable bonds is 25. The highest BCUT2D eigenvalue weighted by atomic mass is 16.3. The van der Waals surface area contributed by atoms with Crippen molar-refractivity contribution in [1.82, 2.24) is 5.32 Å². The Morgan fingerprint density at radius 3 is 1.81 bits per heavy atom. The van der Waals surface area contributed by atoms with E-state index in [4.69, 9.17) is 0 Å². The van der Waals surface area contributed by atoms with E-state index in [1.807, 2.05) is 12.2 Å². The Bertz CT molecular complexity index is 573. The van der Waals surface area contributed by atoms with Crippen molar-refractivity contribution in [2.24, 2.45) is 0 Å². The van der Waals surface area contributed by atoms with Gasteiger partial charge in [0.1, 0.15) is 0 Å². The van der Waals surface area contributed by atoms with E-state index in [9.17, 15) is 20.1 Å². The summed E-state index contributed by atoms with van der Waals surface area (Å²) in [6.45, 7) is 4.08. The monoisotopic (exact) mass is 507 g/mol. The summed E-state index contributed by atoms with van der Waals surface area (Å²) < 4.78 is 0. The summed E-state index contributed by atoms with van der Waals surface area (Å²) in [6, 6.07) is -0.771. The smallest absolute Gasteiger partial charge is 0.223 e. The zero-order chi connectivity index (χ0) is 26.7. The Balaban J connectivity index is 3.94. The van der Waals surface area contributed by atoms with Crippen molar-refractivity contribution in [2.75, 3.05) is 6.61 Å². The van der Waals surface area contributed by atoms with Crippen molar-refractivity contribution >= 4 is 5.91 Å². The van der Waals surface area contributed by atoms with Crippen LogP contribution in [0.15, 0.2) is 36.5 Å². The molecule has 0 fully saturated rings. The summed E-state index contributed by atoms with van der Waals surface area (Å²) in [6.07, 6.45) is 30.0. The van der Waals surface area contributed by atoms with Crippen molar-refractivity contribution in [3.8, 4) is 0 Å². The van der Waals surface area contributed by atoms with E-state index in [1.165, 1.54) is 70.6 Å².